The third-order valence-corrected chi connectivity index (χ3v) is 5.11. The van der Waals surface area contributed by atoms with Crippen LogP contribution in [0.1, 0.15) is 34.6 Å². The van der Waals surface area contributed by atoms with Crippen molar-refractivity contribution >= 4 is 17.3 Å². The number of imidazole rings is 1. The highest BCUT2D eigenvalue weighted by atomic mass is 16.6. The van der Waals surface area contributed by atoms with Crippen LogP contribution in [0.3, 0.4) is 0 Å². The van der Waals surface area contributed by atoms with E-state index in [0.29, 0.717) is 11.3 Å². The molecule has 1 amide bonds. The van der Waals surface area contributed by atoms with Gasteiger partial charge in [-0.1, -0.05) is 24.3 Å². The number of aryl methyl sites for hydroxylation is 2. The van der Waals surface area contributed by atoms with Crippen LogP contribution in [-0.2, 0) is 13.0 Å². The lowest BCUT2D eigenvalue weighted by Gasteiger charge is -2.11. The molecule has 0 atom stereocenters. The predicted molar refractivity (Wildman–Crippen MR) is 106 cm³/mol. The molecule has 0 saturated carbocycles. The molecule has 142 valence electrons. The van der Waals surface area contributed by atoms with Gasteiger partial charge in [-0.15, -0.1) is 0 Å². The molecule has 7 nitrogen and oxygen atoms in total. The van der Waals surface area contributed by atoms with Gasteiger partial charge >= 0.3 is 0 Å². The van der Waals surface area contributed by atoms with Gasteiger partial charge in [-0.2, -0.15) is 0 Å². The van der Waals surface area contributed by atoms with Crippen LogP contribution in [0.4, 0.5) is 11.4 Å². The van der Waals surface area contributed by atoms with Gasteiger partial charge in [-0.25, -0.2) is 4.98 Å². The molecule has 4 rings (SSSR count). The summed E-state index contributed by atoms with van der Waals surface area (Å²) in [5, 5.41) is 14.1. The SMILES string of the molecule is Cc1c(C(=O)Nc2ccccc2-c2cn3c(n2)CCCC3)cccc1[N+](=O)[O-]. The molecule has 28 heavy (non-hydrogen) atoms. The molecule has 2 aromatic carbocycles. The minimum Gasteiger partial charge on any atom is -0.334 e. The summed E-state index contributed by atoms with van der Waals surface area (Å²) in [6.45, 7) is 2.55. The van der Waals surface area contributed by atoms with E-state index in [1.54, 1.807) is 13.0 Å². The molecule has 0 unspecified atom stereocenters. The number of fused-ring (bicyclic) bond motifs is 1. The van der Waals surface area contributed by atoms with Crippen LogP contribution in [0.2, 0.25) is 0 Å². The normalized spacial score (nSPS) is 13.0. The van der Waals surface area contributed by atoms with Gasteiger partial charge in [0, 0.05) is 41.9 Å². The average molecular weight is 376 g/mol. The molecule has 0 saturated heterocycles. The van der Waals surface area contributed by atoms with Crippen molar-refractivity contribution in [3.63, 3.8) is 0 Å². The monoisotopic (exact) mass is 376 g/mol. The molecular weight excluding hydrogens is 356 g/mol. The molecule has 0 bridgehead atoms. The van der Waals surface area contributed by atoms with E-state index in [4.69, 9.17) is 4.98 Å². The standard InChI is InChI=1S/C21H20N4O3/c1-14-15(8-6-10-19(14)25(27)28)21(26)23-17-9-3-2-7-16(17)18-13-24-12-5-4-11-20(24)22-18/h2-3,6-10,13H,4-5,11-12H2,1H3,(H,23,26). The van der Waals surface area contributed by atoms with Gasteiger partial charge in [0.05, 0.1) is 16.3 Å². The largest absolute Gasteiger partial charge is 0.334 e. The zero-order valence-electron chi connectivity index (χ0n) is 15.5. The fourth-order valence-corrected chi connectivity index (χ4v) is 3.61. The number of nitrogens with one attached hydrogen (secondary N) is 1. The zero-order valence-corrected chi connectivity index (χ0v) is 15.5. The predicted octanol–water partition coefficient (Wildman–Crippen LogP) is 4.36. The van der Waals surface area contributed by atoms with E-state index < -0.39 is 4.92 Å². The highest BCUT2D eigenvalue weighted by Gasteiger charge is 2.20. The quantitative estimate of drug-likeness (QED) is 0.541. The fourth-order valence-electron chi connectivity index (χ4n) is 3.61. The highest BCUT2D eigenvalue weighted by Crippen LogP contribution is 2.30. The number of hydrogen-bond acceptors (Lipinski definition) is 4. The van der Waals surface area contributed by atoms with Gasteiger partial charge in [0.2, 0.25) is 0 Å². The molecule has 1 aliphatic rings. The summed E-state index contributed by atoms with van der Waals surface area (Å²) < 4.78 is 2.17. The zero-order chi connectivity index (χ0) is 19.7. The molecule has 0 aliphatic carbocycles. The molecular formula is C21H20N4O3. The number of hydrogen-bond donors (Lipinski definition) is 1. The van der Waals surface area contributed by atoms with E-state index in [0.717, 1.165) is 42.9 Å². The van der Waals surface area contributed by atoms with Crippen LogP contribution in [0.15, 0.2) is 48.7 Å². The molecule has 1 N–H and O–H groups in total. The van der Waals surface area contributed by atoms with Crippen molar-refractivity contribution < 1.29 is 9.72 Å². The lowest BCUT2D eigenvalue weighted by Crippen LogP contribution is -2.14. The number of anilines is 1. The molecule has 2 heterocycles. The molecule has 0 spiro atoms. The van der Waals surface area contributed by atoms with Crippen molar-refractivity contribution in [2.75, 3.05) is 5.32 Å². The smallest absolute Gasteiger partial charge is 0.273 e. The lowest BCUT2D eigenvalue weighted by atomic mass is 10.1. The van der Waals surface area contributed by atoms with Crippen LogP contribution in [0.5, 0.6) is 0 Å². The van der Waals surface area contributed by atoms with E-state index in [9.17, 15) is 14.9 Å². The number of nitrogens with zero attached hydrogens (tertiary/aromatic N) is 3. The van der Waals surface area contributed by atoms with Crippen molar-refractivity contribution in [1.82, 2.24) is 9.55 Å². The first-order valence-electron chi connectivity index (χ1n) is 9.25. The van der Waals surface area contributed by atoms with Gasteiger partial charge in [-0.05, 0) is 31.9 Å². The van der Waals surface area contributed by atoms with Gasteiger partial charge in [0.1, 0.15) is 5.82 Å². The van der Waals surface area contributed by atoms with Crippen molar-refractivity contribution in [3.8, 4) is 11.3 Å². The van der Waals surface area contributed by atoms with Gasteiger partial charge in [0.15, 0.2) is 0 Å². The maximum atomic E-state index is 12.8. The molecule has 1 aromatic heterocycles. The van der Waals surface area contributed by atoms with E-state index >= 15 is 0 Å². The number of amides is 1. The second-order valence-electron chi connectivity index (χ2n) is 6.90. The first-order chi connectivity index (χ1) is 13.5. The molecule has 0 fully saturated rings. The average Bonchev–Trinajstić information content (AvgIpc) is 3.12. The number of nitro groups is 1. The second kappa shape index (κ2) is 7.26. The molecule has 1 aliphatic heterocycles. The number of benzene rings is 2. The Kier molecular flexibility index (Phi) is 4.65. The lowest BCUT2D eigenvalue weighted by molar-refractivity contribution is -0.385. The van der Waals surface area contributed by atoms with Crippen LogP contribution in [-0.4, -0.2) is 20.4 Å². The van der Waals surface area contributed by atoms with Crippen LogP contribution in [0.25, 0.3) is 11.3 Å². The summed E-state index contributed by atoms with van der Waals surface area (Å²) >= 11 is 0. The topological polar surface area (TPSA) is 90.1 Å². The first-order valence-corrected chi connectivity index (χ1v) is 9.25. The fraction of sp³-hybridized carbons (Fsp3) is 0.238. The number of carbonyl (C=O) groups excluding carboxylic acids is 1. The summed E-state index contributed by atoms with van der Waals surface area (Å²) in [6.07, 6.45) is 5.27. The Hall–Kier alpha value is -3.48. The minimum atomic E-state index is -0.476. The summed E-state index contributed by atoms with van der Waals surface area (Å²) in [4.78, 5) is 28.2. The number of nitro benzene ring substituents is 1. The molecule has 3 aromatic rings. The van der Waals surface area contributed by atoms with Crippen molar-refractivity contribution in [2.45, 2.75) is 32.7 Å². The van der Waals surface area contributed by atoms with Gasteiger partial charge in [-0.3, -0.25) is 14.9 Å². The Bertz CT molecular complexity index is 1050. The Morgan fingerprint density at radius 2 is 2.00 bits per heavy atom. The summed E-state index contributed by atoms with van der Waals surface area (Å²) in [7, 11) is 0. The van der Waals surface area contributed by atoms with Gasteiger partial charge in [0.25, 0.3) is 11.6 Å². The third kappa shape index (κ3) is 3.26. The maximum absolute atomic E-state index is 12.8. The van der Waals surface area contributed by atoms with Crippen molar-refractivity contribution in [2.24, 2.45) is 0 Å². The Morgan fingerprint density at radius 1 is 1.18 bits per heavy atom. The molecule has 0 radical (unpaired) electrons. The summed E-state index contributed by atoms with van der Waals surface area (Å²) in [5.41, 5.74) is 2.86. The maximum Gasteiger partial charge on any atom is 0.273 e. The highest BCUT2D eigenvalue weighted by molar-refractivity contribution is 6.07. The molecule has 7 heteroatoms. The van der Waals surface area contributed by atoms with E-state index in [1.165, 1.54) is 12.1 Å². The summed E-state index contributed by atoms with van der Waals surface area (Å²) in [6, 6.07) is 12.0. The number of carbonyl (C=O) groups is 1. The number of para-hydroxylation sites is 1. The van der Waals surface area contributed by atoms with Crippen molar-refractivity contribution in [3.05, 3.63) is 75.7 Å². The minimum absolute atomic E-state index is 0.0669. The Balaban J connectivity index is 1.67. The second-order valence-corrected chi connectivity index (χ2v) is 6.90. The van der Waals surface area contributed by atoms with Crippen LogP contribution >= 0.6 is 0 Å². The Labute approximate surface area is 162 Å². The van der Waals surface area contributed by atoms with Crippen molar-refractivity contribution in [1.29, 1.82) is 0 Å². The van der Waals surface area contributed by atoms with Gasteiger partial charge < -0.3 is 9.88 Å². The van der Waals surface area contributed by atoms with Crippen LogP contribution in [0, 0.1) is 17.0 Å². The number of rotatable bonds is 4. The first kappa shape index (κ1) is 17.9. The van der Waals surface area contributed by atoms with E-state index in [1.807, 2.05) is 30.5 Å². The van der Waals surface area contributed by atoms with E-state index in [-0.39, 0.29) is 17.2 Å². The van der Waals surface area contributed by atoms with E-state index in [2.05, 4.69) is 9.88 Å². The Morgan fingerprint density at radius 3 is 2.79 bits per heavy atom. The number of aromatic nitrogens is 2. The third-order valence-electron chi connectivity index (χ3n) is 5.11. The summed E-state index contributed by atoms with van der Waals surface area (Å²) in [5.74, 6) is 0.689. The van der Waals surface area contributed by atoms with Crippen LogP contribution < -0.4 is 5.32 Å².